The molecule has 1 unspecified atom stereocenters. The molecule has 26 heavy (non-hydrogen) atoms. The van der Waals surface area contributed by atoms with Crippen LogP contribution in [0.15, 0.2) is 30.3 Å². The summed E-state index contributed by atoms with van der Waals surface area (Å²) in [6, 6.07) is 10.2. The van der Waals surface area contributed by atoms with Crippen molar-refractivity contribution in [2.24, 2.45) is 5.41 Å². The van der Waals surface area contributed by atoms with Crippen LogP contribution in [0.5, 0.6) is 0 Å². The van der Waals surface area contributed by atoms with Crippen molar-refractivity contribution in [2.45, 2.75) is 51.6 Å². The zero-order valence-corrected chi connectivity index (χ0v) is 15.9. The Hall–Kier alpha value is -1.88. The van der Waals surface area contributed by atoms with E-state index in [9.17, 15) is 9.59 Å². The number of nitrogens with zero attached hydrogens (tertiary/aromatic N) is 2. The van der Waals surface area contributed by atoms with E-state index in [0.29, 0.717) is 32.7 Å². The Morgan fingerprint density at radius 1 is 1.27 bits per heavy atom. The smallest absolute Gasteiger partial charge is 0.231 e. The third-order valence-corrected chi connectivity index (χ3v) is 5.93. The summed E-state index contributed by atoms with van der Waals surface area (Å²) in [6.45, 7) is 4.34. The van der Waals surface area contributed by atoms with Gasteiger partial charge >= 0.3 is 0 Å². The monoisotopic (exact) mass is 358 g/mol. The third-order valence-electron chi connectivity index (χ3n) is 5.93. The first-order chi connectivity index (χ1) is 12.6. The normalized spacial score (nSPS) is 22.7. The Kier molecular flexibility index (Phi) is 5.97. The van der Waals surface area contributed by atoms with Gasteiger partial charge in [0.1, 0.15) is 0 Å². The van der Waals surface area contributed by atoms with E-state index >= 15 is 0 Å². The van der Waals surface area contributed by atoms with Crippen LogP contribution in [0.25, 0.3) is 0 Å². The zero-order valence-electron chi connectivity index (χ0n) is 15.9. The summed E-state index contributed by atoms with van der Waals surface area (Å²) in [7, 11) is 1.66. The molecule has 1 aliphatic heterocycles. The summed E-state index contributed by atoms with van der Waals surface area (Å²) in [5.74, 6) is 0.323. The van der Waals surface area contributed by atoms with Crippen LogP contribution >= 0.6 is 0 Å². The molecule has 1 aromatic carbocycles. The Labute approximate surface area is 156 Å². The maximum Gasteiger partial charge on any atom is 0.231 e. The van der Waals surface area contributed by atoms with Gasteiger partial charge in [0, 0.05) is 39.2 Å². The van der Waals surface area contributed by atoms with Gasteiger partial charge in [-0.3, -0.25) is 9.59 Å². The van der Waals surface area contributed by atoms with E-state index in [2.05, 4.69) is 19.1 Å². The summed E-state index contributed by atoms with van der Waals surface area (Å²) in [5.41, 5.74) is 0.777. The Morgan fingerprint density at radius 2 is 2.00 bits per heavy atom. The van der Waals surface area contributed by atoms with E-state index in [1.54, 1.807) is 7.11 Å². The van der Waals surface area contributed by atoms with Crippen molar-refractivity contribution in [3.63, 3.8) is 0 Å². The maximum absolute atomic E-state index is 13.2. The zero-order chi connectivity index (χ0) is 18.6. The van der Waals surface area contributed by atoms with Crippen LogP contribution in [0.1, 0.15) is 44.6 Å². The number of carbonyl (C=O) groups is 2. The molecule has 5 nitrogen and oxygen atoms in total. The average Bonchev–Trinajstić information content (AvgIpc) is 2.78. The first-order valence-electron chi connectivity index (χ1n) is 9.71. The van der Waals surface area contributed by atoms with E-state index in [-0.39, 0.29) is 23.3 Å². The van der Waals surface area contributed by atoms with Crippen molar-refractivity contribution in [1.82, 2.24) is 9.80 Å². The second-order valence-electron chi connectivity index (χ2n) is 7.64. The van der Waals surface area contributed by atoms with Crippen LogP contribution in [0, 0.1) is 5.41 Å². The highest BCUT2D eigenvalue weighted by Gasteiger charge is 2.47. The topological polar surface area (TPSA) is 49.9 Å². The van der Waals surface area contributed by atoms with Gasteiger partial charge in [-0.15, -0.1) is 0 Å². The van der Waals surface area contributed by atoms with Gasteiger partial charge in [-0.25, -0.2) is 0 Å². The molecule has 1 heterocycles. The molecule has 1 atom stereocenters. The minimum absolute atomic E-state index is 0.0637. The minimum atomic E-state index is -0.356. The lowest BCUT2D eigenvalue weighted by Gasteiger charge is -2.43. The average molecular weight is 358 g/mol. The fourth-order valence-electron chi connectivity index (χ4n) is 4.19. The van der Waals surface area contributed by atoms with Crippen LogP contribution in [0.4, 0.5) is 0 Å². The first kappa shape index (κ1) is 18.9. The van der Waals surface area contributed by atoms with E-state index in [1.165, 1.54) is 0 Å². The molecule has 1 saturated heterocycles. The summed E-state index contributed by atoms with van der Waals surface area (Å²) < 4.78 is 5.34. The predicted octanol–water partition coefficient (Wildman–Crippen LogP) is 2.84. The van der Waals surface area contributed by atoms with Crippen LogP contribution in [-0.2, 0) is 20.9 Å². The van der Waals surface area contributed by atoms with E-state index < -0.39 is 0 Å². The lowest BCUT2D eigenvalue weighted by molar-refractivity contribution is -0.152. The van der Waals surface area contributed by atoms with Gasteiger partial charge in [0.25, 0.3) is 0 Å². The Bertz CT molecular complexity index is 627. The van der Waals surface area contributed by atoms with Gasteiger partial charge in [-0.05, 0) is 24.8 Å². The summed E-state index contributed by atoms with van der Waals surface area (Å²) >= 11 is 0. The van der Waals surface area contributed by atoms with Gasteiger partial charge < -0.3 is 14.5 Å². The maximum atomic E-state index is 13.2. The lowest BCUT2D eigenvalue weighted by Crippen LogP contribution is -2.52. The molecule has 142 valence electrons. The Morgan fingerprint density at radius 3 is 2.58 bits per heavy atom. The molecule has 0 radical (unpaired) electrons. The molecule has 2 fully saturated rings. The van der Waals surface area contributed by atoms with E-state index in [0.717, 1.165) is 31.2 Å². The van der Waals surface area contributed by atoms with Gasteiger partial charge in [0.05, 0.1) is 12.0 Å². The van der Waals surface area contributed by atoms with Crippen LogP contribution < -0.4 is 0 Å². The molecule has 1 saturated carbocycles. The third kappa shape index (κ3) is 3.78. The van der Waals surface area contributed by atoms with Crippen LogP contribution in [0.3, 0.4) is 0 Å². The number of amides is 2. The molecule has 0 spiro atoms. The van der Waals surface area contributed by atoms with Crippen molar-refractivity contribution in [2.75, 3.05) is 26.8 Å². The van der Waals surface area contributed by atoms with E-state index in [1.807, 2.05) is 28.0 Å². The van der Waals surface area contributed by atoms with Gasteiger partial charge in [-0.1, -0.05) is 43.7 Å². The fraction of sp³-hybridized carbons (Fsp3) is 0.619. The molecule has 0 N–H and O–H groups in total. The SMILES string of the molecule is CCC1CN(C(=O)C2(COC)CCC2)CCC(=O)N1Cc1ccccc1. The van der Waals surface area contributed by atoms with Crippen molar-refractivity contribution in [3.05, 3.63) is 35.9 Å². The van der Waals surface area contributed by atoms with Crippen molar-refractivity contribution in [3.8, 4) is 0 Å². The molecule has 2 aliphatic rings. The molecular formula is C21H30N2O3. The summed E-state index contributed by atoms with van der Waals surface area (Å²) in [4.78, 5) is 29.9. The highest BCUT2D eigenvalue weighted by Crippen LogP contribution is 2.43. The molecule has 1 aliphatic carbocycles. The Balaban J connectivity index is 1.75. The standard InChI is InChI=1S/C21H30N2O3/c1-3-18-15-22(20(25)21(16-26-2)11-7-12-21)13-10-19(24)23(18)14-17-8-5-4-6-9-17/h4-6,8-9,18H,3,7,10-16H2,1-2H3. The molecular weight excluding hydrogens is 328 g/mol. The minimum Gasteiger partial charge on any atom is -0.384 e. The molecule has 0 aromatic heterocycles. The number of ether oxygens (including phenoxy) is 1. The molecule has 1 aromatic rings. The van der Waals surface area contributed by atoms with Crippen molar-refractivity contribution < 1.29 is 14.3 Å². The van der Waals surface area contributed by atoms with Gasteiger partial charge in [-0.2, -0.15) is 0 Å². The number of carbonyl (C=O) groups excluding carboxylic acids is 2. The lowest BCUT2D eigenvalue weighted by atomic mass is 9.68. The largest absolute Gasteiger partial charge is 0.384 e. The second-order valence-corrected chi connectivity index (χ2v) is 7.64. The molecule has 3 rings (SSSR count). The highest BCUT2D eigenvalue weighted by molar-refractivity contribution is 5.85. The predicted molar refractivity (Wildman–Crippen MR) is 100 cm³/mol. The van der Waals surface area contributed by atoms with Crippen LogP contribution in [-0.4, -0.2) is 54.5 Å². The number of hydrogen-bond acceptors (Lipinski definition) is 3. The number of hydrogen-bond donors (Lipinski definition) is 0. The number of methoxy groups -OCH3 is 1. The van der Waals surface area contributed by atoms with Crippen molar-refractivity contribution in [1.29, 1.82) is 0 Å². The first-order valence-corrected chi connectivity index (χ1v) is 9.71. The van der Waals surface area contributed by atoms with Crippen LogP contribution in [0.2, 0.25) is 0 Å². The van der Waals surface area contributed by atoms with Gasteiger partial charge in [0.2, 0.25) is 11.8 Å². The van der Waals surface area contributed by atoms with Gasteiger partial charge in [0.15, 0.2) is 0 Å². The summed E-state index contributed by atoms with van der Waals surface area (Å²) in [6.07, 6.45) is 4.13. The quantitative estimate of drug-likeness (QED) is 0.786. The fourth-order valence-corrected chi connectivity index (χ4v) is 4.19. The highest BCUT2D eigenvalue weighted by atomic mass is 16.5. The second kappa shape index (κ2) is 8.21. The molecule has 0 bridgehead atoms. The number of rotatable bonds is 6. The van der Waals surface area contributed by atoms with Crippen molar-refractivity contribution >= 4 is 11.8 Å². The van der Waals surface area contributed by atoms with E-state index in [4.69, 9.17) is 4.74 Å². The summed E-state index contributed by atoms with van der Waals surface area (Å²) in [5, 5.41) is 0. The molecule has 5 heteroatoms. The molecule has 2 amide bonds. The number of benzene rings is 1.